The molecule has 3 aromatic rings. The fourth-order valence-electron chi connectivity index (χ4n) is 2.76. The molecule has 0 radical (unpaired) electrons. The van der Waals surface area contributed by atoms with E-state index in [2.05, 4.69) is 15.5 Å². The Hall–Kier alpha value is -3.74. The van der Waals surface area contributed by atoms with Crippen LogP contribution in [-0.4, -0.2) is 33.4 Å². The SMILES string of the molecule is Cc1cc(OCF)ccc1Oc1nnc(C(F)(F)F)cc1C(=O)Nc1cccc(S(C)(=N)=O)c1. The summed E-state index contributed by atoms with van der Waals surface area (Å²) < 4.78 is 81.9. The molecule has 2 aromatic carbocycles. The highest BCUT2D eigenvalue weighted by Gasteiger charge is 2.35. The molecule has 1 unspecified atom stereocenters. The maximum absolute atomic E-state index is 13.2. The predicted molar refractivity (Wildman–Crippen MR) is 114 cm³/mol. The number of alkyl halides is 4. The van der Waals surface area contributed by atoms with Gasteiger partial charge in [0.2, 0.25) is 6.86 Å². The molecular weight excluding hydrogens is 480 g/mol. The van der Waals surface area contributed by atoms with E-state index in [1.54, 1.807) is 6.92 Å². The first-order valence-corrected chi connectivity index (χ1v) is 11.4. The van der Waals surface area contributed by atoms with Crippen LogP contribution in [0.2, 0.25) is 0 Å². The zero-order chi connectivity index (χ0) is 25.1. The first-order valence-electron chi connectivity index (χ1n) is 9.46. The number of hydrogen-bond acceptors (Lipinski definition) is 7. The van der Waals surface area contributed by atoms with Gasteiger partial charge in [0.25, 0.3) is 11.8 Å². The number of carbonyl (C=O) groups is 1. The second-order valence-electron chi connectivity index (χ2n) is 7.05. The lowest BCUT2D eigenvalue weighted by Crippen LogP contribution is -2.18. The molecule has 180 valence electrons. The molecule has 0 aliphatic carbocycles. The van der Waals surface area contributed by atoms with Gasteiger partial charge in [-0.1, -0.05) is 6.07 Å². The van der Waals surface area contributed by atoms with Crippen LogP contribution >= 0.6 is 0 Å². The summed E-state index contributed by atoms with van der Waals surface area (Å²) in [7, 11) is -3.09. The lowest BCUT2D eigenvalue weighted by atomic mass is 10.2. The van der Waals surface area contributed by atoms with Gasteiger partial charge in [-0.25, -0.2) is 13.4 Å². The number of nitrogens with zero attached hydrogens (tertiary/aromatic N) is 2. The van der Waals surface area contributed by atoms with E-state index in [1.165, 1.54) is 48.7 Å². The standard InChI is InChI=1S/C21H18F4N4O4S/c1-12-8-14(32-11-22)6-7-17(12)33-20-16(10-18(28-29-20)21(23,24)25)19(30)27-13-4-3-5-15(9-13)34(2,26)31/h3-10,26H,11H2,1-2H3,(H,27,30). The van der Waals surface area contributed by atoms with Crippen LogP contribution in [0.3, 0.4) is 0 Å². The lowest BCUT2D eigenvalue weighted by Gasteiger charge is -2.14. The molecule has 0 fully saturated rings. The topological polar surface area (TPSA) is 114 Å². The van der Waals surface area contributed by atoms with Gasteiger partial charge in [0, 0.05) is 16.8 Å². The van der Waals surface area contributed by atoms with E-state index in [9.17, 15) is 26.6 Å². The van der Waals surface area contributed by atoms with Gasteiger partial charge in [0.1, 0.15) is 17.1 Å². The number of aryl methyl sites for hydroxylation is 1. The third kappa shape index (κ3) is 5.98. The molecule has 2 N–H and O–H groups in total. The van der Waals surface area contributed by atoms with Crippen molar-refractivity contribution in [3.8, 4) is 17.4 Å². The number of nitrogens with one attached hydrogen (secondary N) is 2. The highest BCUT2D eigenvalue weighted by atomic mass is 32.2. The van der Waals surface area contributed by atoms with Crippen LogP contribution in [0.25, 0.3) is 0 Å². The Balaban J connectivity index is 1.99. The average molecular weight is 498 g/mol. The number of carbonyl (C=O) groups excluding carboxylic acids is 1. The zero-order valence-corrected chi connectivity index (χ0v) is 18.6. The van der Waals surface area contributed by atoms with E-state index in [0.29, 0.717) is 11.6 Å². The molecule has 8 nitrogen and oxygen atoms in total. The molecule has 34 heavy (non-hydrogen) atoms. The van der Waals surface area contributed by atoms with Crippen LogP contribution in [0.15, 0.2) is 53.4 Å². The van der Waals surface area contributed by atoms with Crippen molar-refractivity contribution in [2.45, 2.75) is 18.0 Å². The minimum absolute atomic E-state index is 0.101. The first kappa shape index (κ1) is 24.9. The second kappa shape index (κ2) is 9.63. The third-order valence-corrected chi connectivity index (χ3v) is 5.56. The van der Waals surface area contributed by atoms with E-state index in [0.717, 1.165) is 0 Å². The van der Waals surface area contributed by atoms with Gasteiger partial charge in [0.05, 0.1) is 9.73 Å². The molecule has 1 heterocycles. The molecule has 0 bridgehead atoms. The van der Waals surface area contributed by atoms with Crippen molar-refractivity contribution in [2.75, 3.05) is 18.4 Å². The summed E-state index contributed by atoms with van der Waals surface area (Å²) in [6.07, 6.45) is -3.69. The lowest BCUT2D eigenvalue weighted by molar-refractivity contribution is -0.141. The molecule has 3 rings (SSSR count). The Morgan fingerprint density at radius 3 is 2.50 bits per heavy atom. The van der Waals surface area contributed by atoms with Gasteiger partial charge < -0.3 is 14.8 Å². The summed E-state index contributed by atoms with van der Waals surface area (Å²) in [5.41, 5.74) is -1.45. The van der Waals surface area contributed by atoms with Crippen molar-refractivity contribution in [1.29, 1.82) is 4.78 Å². The van der Waals surface area contributed by atoms with E-state index < -0.39 is 45.8 Å². The first-order chi connectivity index (χ1) is 15.9. The van der Waals surface area contributed by atoms with Crippen molar-refractivity contribution in [3.05, 3.63) is 65.4 Å². The Kier molecular flexibility index (Phi) is 7.05. The maximum atomic E-state index is 13.2. The summed E-state index contributed by atoms with van der Waals surface area (Å²) in [4.78, 5) is 13.0. The van der Waals surface area contributed by atoms with E-state index >= 15 is 0 Å². The van der Waals surface area contributed by atoms with E-state index in [4.69, 9.17) is 14.3 Å². The molecule has 0 spiro atoms. The van der Waals surface area contributed by atoms with E-state index in [1.807, 2.05) is 0 Å². The third-order valence-electron chi connectivity index (χ3n) is 4.41. The van der Waals surface area contributed by atoms with Crippen molar-refractivity contribution >= 4 is 21.3 Å². The fraction of sp³-hybridized carbons (Fsp3) is 0.190. The zero-order valence-electron chi connectivity index (χ0n) is 17.8. The Morgan fingerprint density at radius 2 is 1.88 bits per heavy atom. The molecule has 1 amide bonds. The van der Waals surface area contributed by atoms with Crippen LogP contribution in [0, 0.1) is 11.7 Å². The van der Waals surface area contributed by atoms with Crippen LogP contribution in [0.5, 0.6) is 17.4 Å². The molecule has 0 saturated carbocycles. The van der Waals surface area contributed by atoms with Gasteiger partial charge in [-0.2, -0.15) is 13.2 Å². The van der Waals surface area contributed by atoms with Crippen LogP contribution < -0.4 is 14.8 Å². The minimum atomic E-state index is -4.87. The van der Waals surface area contributed by atoms with Crippen LogP contribution in [0.1, 0.15) is 21.6 Å². The van der Waals surface area contributed by atoms with Gasteiger partial charge in [0.15, 0.2) is 5.69 Å². The van der Waals surface area contributed by atoms with Crippen molar-refractivity contribution in [3.63, 3.8) is 0 Å². The minimum Gasteiger partial charge on any atom is -0.463 e. The normalized spacial score (nSPS) is 13.1. The number of benzene rings is 2. The number of rotatable bonds is 7. The highest BCUT2D eigenvalue weighted by Crippen LogP contribution is 2.33. The number of hydrogen-bond donors (Lipinski definition) is 2. The molecule has 1 atom stereocenters. The summed E-state index contributed by atoms with van der Waals surface area (Å²) in [6, 6.07) is 10.2. The number of halogens is 4. The average Bonchev–Trinajstić information content (AvgIpc) is 2.75. The van der Waals surface area contributed by atoms with Crippen molar-refractivity contribution in [2.24, 2.45) is 0 Å². The summed E-state index contributed by atoms with van der Waals surface area (Å²) in [6.45, 7) is 0.523. The monoisotopic (exact) mass is 498 g/mol. The van der Waals surface area contributed by atoms with Gasteiger partial charge in [-0.3, -0.25) is 4.79 Å². The summed E-state index contributed by atoms with van der Waals surface area (Å²) >= 11 is 0. The quantitative estimate of drug-likeness (QED) is 0.434. The van der Waals surface area contributed by atoms with Gasteiger partial charge in [-0.05, 0) is 55.0 Å². The molecular formula is C21H18F4N4O4S. The summed E-state index contributed by atoms with van der Waals surface area (Å²) in [5, 5.41) is 8.93. The molecule has 0 saturated heterocycles. The van der Waals surface area contributed by atoms with Gasteiger partial charge in [-0.15, -0.1) is 10.2 Å². The number of anilines is 1. The smallest absolute Gasteiger partial charge is 0.435 e. The van der Waals surface area contributed by atoms with Crippen LogP contribution in [0.4, 0.5) is 23.2 Å². The number of aromatic nitrogens is 2. The molecule has 0 aliphatic heterocycles. The highest BCUT2D eigenvalue weighted by molar-refractivity contribution is 7.91. The number of amides is 1. The Labute approximate surface area is 191 Å². The van der Waals surface area contributed by atoms with Crippen molar-refractivity contribution in [1.82, 2.24) is 10.2 Å². The number of ether oxygens (including phenoxy) is 2. The Bertz CT molecular complexity index is 1330. The van der Waals surface area contributed by atoms with Crippen LogP contribution in [-0.2, 0) is 15.9 Å². The summed E-state index contributed by atoms with van der Waals surface area (Å²) in [5.74, 6) is -1.19. The molecule has 1 aromatic heterocycles. The molecule has 0 aliphatic rings. The Morgan fingerprint density at radius 1 is 1.15 bits per heavy atom. The fourth-order valence-corrected chi connectivity index (χ4v) is 3.46. The second-order valence-corrected chi connectivity index (χ2v) is 9.21. The van der Waals surface area contributed by atoms with E-state index in [-0.39, 0.29) is 22.1 Å². The predicted octanol–water partition coefficient (Wildman–Crippen LogP) is 5.19. The largest absolute Gasteiger partial charge is 0.463 e. The molecule has 13 heteroatoms. The van der Waals surface area contributed by atoms with Gasteiger partial charge >= 0.3 is 6.18 Å². The maximum Gasteiger partial charge on any atom is 0.435 e. The van der Waals surface area contributed by atoms with Crippen molar-refractivity contribution < 1.29 is 36.0 Å².